The summed E-state index contributed by atoms with van der Waals surface area (Å²) >= 11 is 0. The number of aromatic nitrogens is 1. The van der Waals surface area contributed by atoms with E-state index >= 15 is 0 Å². The standard InChI is InChI=1S/C25H33NO3/c1-17(15-27-2)25(19-7-8-19)21-5-4-6-23(13-21)29-16-18-11-22(12-18)20-9-10-26-24(14-20)28-3/h4-6,9-10,13-14,17-19,22,25H,7-8,11-12,15-16H2,1-3H3. The number of nitrogens with zero attached hydrogens (tertiary/aromatic N) is 1. The van der Waals surface area contributed by atoms with E-state index < -0.39 is 0 Å². The topological polar surface area (TPSA) is 40.6 Å². The van der Waals surface area contributed by atoms with Crippen molar-refractivity contribution in [1.29, 1.82) is 0 Å². The summed E-state index contributed by atoms with van der Waals surface area (Å²) in [5, 5.41) is 0. The maximum Gasteiger partial charge on any atom is 0.213 e. The Morgan fingerprint density at radius 2 is 1.93 bits per heavy atom. The molecule has 1 heterocycles. The van der Waals surface area contributed by atoms with Crippen LogP contribution in [-0.4, -0.2) is 32.4 Å². The number of pyridine rings is 1. The third-order valence-electron chi connectivity index (χ3n) is 6.58. The molecule has 0 bridgehead atoms. The summed E-state index contributed by atoms with van der Waals surface area (Å²) in [5.74, 6) is 4.84. The molecule has 156 valence electrons. The summed E-state index contributed by atoms with van der Waals surface area (Å²) in [6, 6.07) is 12.9. The van der Waals surface area contributed by atoms with Gasteiger partial charge in [-0.25, -0.2) is 4.98 Å². The van der Waals surface area contributed by atoms with E-state index in [-0.39, 0.29) is 0 Å². The van der Waals surface area contributed by atoms with Crippen LogP contribution in [0.5, 0.6) is 11.6 Å². The van der Waals surface area contributed by atoms with E-state index in [4.69, 9.17) is 14.2 Å². The van der Waals surface area contributed by atoms with Gasteiger partial charge in [0, 0.05) is 26.0 Å². The largest absolute Gasteiger partial charge is 0.493 e. The first-order valence-corrected chi connectivity index (χ1v) is 10.9. The molecular formula is C25H33NO3. The summed E-state index contributed by atoms with van der Waals surface area (Å²) in [5.41, 5.74) is 2.74. The molecule has 2 aromatic rings. The highest BCUT2D eigenvalue weighted by Gasteiger charge is 2.36. The van der Waals surface area contributed by atoms with Crippen molar-refractivity contribution >= 4 is 0 Å². The average molecular weight is 396 g/mol. The molecule has 0 aliphatic heterocycles. The number of methoxy groups -OCH3 is 2. The van der Waals surface area contributed by atoms with Crippen LogP contribution in [-0.2, 0) is 4.74 Å². The van der Waals surface area contributed by atoms with Crippen molar-refractivity contribution in [1.82, 2.24) is 4.98 Å². The van der Waals surface area contributed by atoms with Crippen LogP contribution in [0.4, 0.5) is 0 Å². The molecule has 2 atom stereocenters. The monoisotopic (exact) mass is 395 g/mol. The number of ether oxygens (including phenoxy) is 3. The lowest BCUT2D eigenvalue weighted by Gasteiger charge is -2.35. The molecule has 1 aromatic carbocycles. The smallest absolute Gasteiger partial charge is 0.213 e. The Morgan fingerprint density at radius 1 is 1.10 bits per heavy atom. The number of rotatable bonds is 10. The first-order chi connectivity index (χ1) is 14.2. The SMILES string of the molecule is COCC(C)C(c1cccc(OCC2CC(c3ccnc(OC)c3)C2)c1)C1CC1. The second-order valence-corrected chi connectivity index (χ2v) is 8.85. The summed E-state index contributed by atoms with van der Waals surface area (Å²) in [6.07, 6.45) is 6.86. The molecule has 0 N–H and O–H groups in total. The molecule has 2 fully saturated rings. The highest BCUT2D eigenvalue weighted by Crippen LogP contribution is 2.47. The van der Waals surface area contributed by atoms with E-state index in [2.05, 4.69) is 48.3 Å². The van der Waals surface area contributed by atoms with Gasteiger partial charge in [-0.05, 0) is 84.6 Å². The van der Waals surface area contributed by atoms with E-state index in [0.717, 1.165) is 24.9 Å². The van der Waals surface area contributed by atoms with Crippen molar-refractivity contribution in [2.45, 2.75) is 44.4 Å². The van der Waals surface area contributed by atoms with Gasteiger partial charge >= 0.3 is 0 Å². The van der Waals surface area contributed by atoms with Gasteiger partial charge in [-0.3, -0.25) is 0 Å². The van der Waals surface area contributed by atoms with Crippen molar-refractivity contribution in [2.75, 3.05) is 27.4 Å². The Kier molecular flexibility index (Phi) is 6.39. The van der Waals surface area contributed by atoms with Crippen LogP contribution in [0, 0.1) is 17.8 Å². The first kappa shape index (κ1) is 20.2. The van der Waals surface area contributed by atoms with Gasteiger partial charge in [0.25, 0.3) is 0 Å². The normalized spacial score (nSPS) is 23.1. The summed E-state index contributed by atoms with van der Waals surface area (Å²) < 4.78 is 16.9. The molecule has 29 heavy (non-hydrogen) atoms. The van der Waals surface area contributed by atoms with E-state index in [0.29, 0.717) is 29.6 Å². The Bertz CT molecular complexity index is 798. The predicted molar refractivity (Wildman–Crippen MR) is 115 cm³/mol. The summed E-state index contributed by atoms with van der Waals surface area (Å²) in [7, 11) is 3.47. The molecule has 2 aliphatic rings. The third-order valence-corrected chi connectivity index (χ3v) is 6.58. The fraction of sp³-hybridized carbons (Fsp3) is 0.560. The van der Waals surface area contributed by atoms with Gasteiger partial charge in [0.2, 0.25) is 5.88 Å². The van der Waals surface area contributed by atoms with Gasteiger partial charge in [-0.15, -0.1) is 0 Å². The molecule has 0 amide bonds. The van der Waals surface area contributed by atoms with Crippen molar-refractivity contribution in [3.05, 3.63) is 53.7 Å². The highest BCUT2D eigenvalue weighted by atomic mass is 16.5. The maximum atomic E-state index is 6.20. The van der Waals surface area contributed by atoms with Crippen LogP contribution in [0.25, 0.3) is 0 Å². The van der Waals surface area contributed by atoms with E-state index in [1.54, 1.807) is 14.2 Å². The number of benzene rings is 1. The number of hydrogen-bond donors (Lipinski definition) is 0. The van der Waals surface area contributed by atoms with Gasteiger partial charge in [-0.1, -0.05) is 19.1 Å². The quantitative estimate of drug-likeness (QED) is 0.537. The molecule has 2 unspecified atom stereocenters. The Morgan fingerprint density at radius 3 is 2.66 bits per heavy atom. The van der Waals surface area contributed by atoms with Crippen molar-refractivity contribution < 1.29 is 14.2 Å². The molecule has 4 nitrogen and oxygen atoms in total. The minimum absolute atomic E-state index is 0.535. The molecule has 0 spiro atoms. The van der Waals surface area contributed by atoms with Crippen molar-refractivity contribution in [3.63, 3.8) is 0 Å². The van der Waals surface area contributed by atoms with Gasteiger partial charge in [0.05, 0.1) is 13.7 Å². The van der Waals surface area contributed by atoms with Crippen molar-refractivity contribution in [2.24, 2.45) is 17.8 Å². The van der Waals surface area contributed by atoms with Crippen LogP contribution >= 0.6 is 0 Å². The van der Waals surface area contributed by atoms with Gasteiger partial charge in [0.15, 0.2) is 0 Å². The van der Waals surface area contributed by atoms with Crippen LogP contribution in [0.15, 0.2) is 42.6 Å². The van der Waals surface area contributed by atoms with Gasteiger partial charge in [-0.2, -0.15) is 0 Å². The molecule has 2 aliphatic carbocycles. The summed E-state index contributed by atoms with van der Waals surface area (Å²) in [6.45, 7) is 3.92. The molecule has 0 radical (unpaired) electrons. The Balaban J connectivity index is 1.31. The van der Waals surface area contributed by atoms with Crippen LogP contribution < -0.4 is 9.47 Å². The third kappa shape index (κ3) is 4.92. The fourth-order valence-corrected chi connectivity index (χ4v) is 4.85. The molecule has 2 saturated carbocycles. The minimum atomic E-state index is 0.535. The molecule has 4 rings (SSSR count). The van der Waals surface area contributed by atoms with Crippen LogP contribution in [0.3, 0.4) is 0 Å². The van der Waals surface area contributed by atoms with Crippen molar-refractivity contribution in [3.8, 4) is 11.6 Å². The fourth-order valence-electron chi connectivity index (χ4n) is 4.85. The van der Waals surface area contributed by atoms with Gasteiger partial charge in [0.1, 0.15) is 5.75 Å². The minimum Gasteiger partial charge on any atom is -0.493 e. The molecule has 4 heteroatoms. The second-order valence-electron chi connectivity index (χ2n) is 8.85. The zero-order valence-electron chi connectivity index (χ0n) is 17.8. The second kappa shape index (κ2) is 9.17. The maximum absolute atomic E-state index is 6.20. The lowest BCUT2D eigenvalue weighted by molar-refractivity contribution is 0.141. The van der Waals surface area contributed by atoms with Gasteiger partial charge < -0.3 is 14.2 Å². The van der Waals surface area contributed by atoms with E-state index in [9.17, 15) is 0 Å². The molecular weight excluding hydrogens is 362 g/mol. The Labute approximate surface area is 174 Å². The lowest BCUT2D eigenvalue weighted by Crippen LogP contribution is -2.27. The molecule has 0 saturated heterocycles. The van der Waals surface area contributed by atoms with Crippen LogP contribution in [0.2, 0.25) is 0 Å². The number of hydrogen-bond acceptors (Lipinski definition) is 4. The highest BCUT2D eigenvalue weighted by molar-refractivity contribution is 5.32. The summed E-state index contributed by atoms with van der Waals surface area (Å²) in [4.78, 5) is 4.20. The predicted octanol–water partition coefficient (Wildman–Crippen LogP) is 5.44. The molecule has 1 aromatic heterocycles. The average Bonchev–Trinajstić information content (AvgIpc) is 3.53. The van der Waals surface area contributed by atoms with E-state index in [1.165, 1.54) is 36.8 Å². The zero-order valence-corrected chi connectivity index (χ0v) is 17.8. The zero-order chi connectivity index (χ0) is 20.2. The lowest BCUT2D eigenvalue weighted by atomic mass is 9.72. The van der Waals surface area contributed by atoms with Crippen LogP contribution in [0.1, 0.15) is 55.6 Å². The Hall–Kier alpha value is -2.07. The first-order valence-electron chi connectivity index (χ1n) is 10.9. The van der Waals surface area contributed by atoms with E-state index in [1.807, 2.05) is 6.20 Å².